The van der Waals surface area contributed by atoms with Gasteiger partial charge in [0.25, 0.3) is 0 Å². The quantitative estimate of drug-likeness (QED) is 0.768. The molecule has 8 heteroatoms. The molecule has 1 aliphatic heterocycles. The Morgan fingerprint density at radius 1 is 1.06 bits per heavy atom. The van der Waals surface area contributed by atoms with Crippen LogP contribution in [-0.2, 0) is 19.6 Å². The fourth-order valence-corrected chi connectivity index (χ4v) is 4.69. The number of hydrogen-bond acceptors (Lipinski definition) is 4. The van der Waals surface area contributed by atoms with Crippen LogP contribution >= 0.6 is 0 Å². The van der Waals surface area contributed by atoms with E-state index >= 15 is 0 Å². The van der Waals surface area contributed by atoms with Gasteiger partial charge in [0, 0.05) is 25.1 Å². The van der Waals surface area contributed by atoms with Crippen LogP contribution in [0.25, 0.3) is 11.1 Å². The second-order valence-electron chi connectivity index (χ2n) is 8.25. The van der Waals surface area contributed by atoms with Crippen LogP contribution in [0, 0.1) is 5.92 Å². The number of fused-ring (bicyclic) bond motifs is 1. The smallest absolute Gasteiger partial charge is 0.232 e. The van der Waals surface area contributed by atoms with Crippen LogP contribution in [-0.4, -0.2) is 38.6 Å². The van der Waals surface area contributed by atoms with Crippen molar-refractivity contribution < 1.29 is 18.0 Å². The van der Waals surface area contributed by atoms with Crippen molar-refractivity contribution in [3.8, 4) is 11.1 Å². The van der Waals surface area contributed by atoms with E-state index in [0.717, 1.165) is 35.3 Å². The molecule has 0 radical (unpaired) electrons. The number of hydrogen-bond donors (Lipinski definition) is 1. The van der Waals surface area contributed by atoms with Gasteiger partial charge in [-0.2, -0.15) is 0 Å². The molecule has 1 aliphatic carbocycles. The molecule has 1 heterocycles. The van der Waals surface area contributed by atoms with Crippen molar-refractivity contribution in [1.82, 2.24) is 0 Å². The van der Waals surface area contributed by atoms with Crippen molar-refractivity contribution in [1.29, 1.82) is 0 Å². The number of anilines is 3. The number of rotatable bonds is 5. The summed E-state index contributed by atoms with van der Waals surface area (Å²) in [6.07, 6.45) is 1.82. The number of amides is 2. The molecule has 0 saturated heterocycles. The Labute approximate surface area is 183 Å². The van der Waals surface area contributed by atoms with Gasteiger partial charge >= 0.3 is 0 Å². The van der Waals surface area contributed by atoms with Crippen molar-refractivity contribution in [3.05, 3.63) is 42.5 Å². The first-order valence-electron chi connectivity index (χ1n) is 10.6. The summed E-state index contributed by atoms with van der Waals surface area (Å²) in [6, 6.07) is 12.8. The van der Waals surface area contributed by atoms with Crippen molar-refractivity contribution in [2.24, 2.45) is 5.92 Å². The number of nitrogens with one attached hydrogen (secondary N) is 1. The van der Waals surface area contributed by atoms with Crippen molar-refractivity contribution in [2.45, 2.75) is 39.7 Å². The molecule has 2 aromatic rings. The highest BCUT2D eigenvalue weighted by atomic mass is 32.2. The Bertz CT molecular complexity index is 1140. The third-order valence-electron chi connectivity index (χ3n) is 5.79. The highest BCUT2D eigenvalue weighted by molar-refractivity contribution is 7.92. The molecular weight excluding hydrogens is 414 g/mol. The van der Waals surface area contributed by atoms with Crippen LogP contribution in [0.4, 0.5) is 17.1 Å². The van der Waals surface area contributed by atoms with Gasteiger partial charge in [0.05, 0.1) is 23.2 Å². The van der Waals surface area contributed by atoms with E-state index < -0.39 is 10.0 Å². The van der Waals surface area contributed by atoms with Crippen LogP contribution in [0.3, 0.4) is 0 Å². The summed E-state index contributed by atoms with van der Waals surface area (Å²) in [5, 5.41) is 0. The van der Waals surface area contributed by atoms with Crippen LogP contribution in [0.5, 0.6) is 0 Å². The van der Waals surface area contributed by atoms with Gasteiger partial charge in [0.1, 0.15) is 0 Å². The van der Waals surface area contributed by atoms with Crippen LogP contribution in [0.2, 0.25) is 0 Å². The predicted octanol–water partition coefficient (Wildman–Crippen LogP) is 3.61. The second kappa shape index (κ2) is 8.00. The van der Waals surface area contributed by atoms with Gasteiger partial charge in [-0.3, -0.25) is 14.3 Å². The molecule has 1 atom stereocenters. The molecule has 1 unspecified atom stereocenters. The number of nitrogens with zero attached hydrogens (tertiary/aromatic N) is 2. The standard InChI is InChI=1S/C23H27N3O4S/c1-4-31(29,30)24-20-7-5-6-18(12-20)19-10-11-21-22(13-19)25(23(28)17-8-9-17)14-15(2)26(21)16(3)27/h5-7,10-13,15,17,24H,4,8-9,14H2,1-3H3. The van der Waals surface area contributed by atoms with E-state index in [1.54, 1.807) is 30.0 Å². The Morgan fingerprint density at radius 2 is 1.77 bits per heavy atom. The third kappa shape index (κ3) is 4.30. The molecule has 2 aromatic carbocycles. The molecule has 1 fully saturated rings. The molecule has 0 spiro atoms. The van der Waals surface area contributed by atoms with Crippen LogP contribution in [0.1, 0.15) is 33.6 Å². The highest BCUT2D eigenvalue weighted by Crippen LogP contribution is 2.42. The highest BCUT2D eigenvalue weighted by Gasteiger charge is 2.39. The largest absolute Gasteiger partial charge is 0.308 e. The number of carbonyl (C=O) groups excluding carboxylic acids is 2. The summed E-state index contributed by atoms with van der Waals surface area (Å²) in [5.41, 5.74) is 3.62. The topological polar surface area (TPSA) is 86.8 Å². The normalized spacial score (nSPS) is 18.5. The zero-order valence-electron chi connectivity index (χ0n) is 18.0. The van der Waals surface area contributed by atoms with Crippen LogP contribution < -0.4 is 14.5 Å². The van der Waals surface area contributed by atoms with Crippen molar-refractivity contribution >= 4 is 38.9 Å². The van der Waals surface area contributed by atoms with Crippen LogP contribution in [0.15, 0.2) is 42.5 Å². The van der Waals surface area contributed by atoms with Gasteiger partial charge in [0.2, 0.25) is 21.8 Å². The third-order valence-corrected chi connectivity index (χ3v) is 7.10. The lowest BCUT2D eigenvalue weighted by Crippen LogP contribution is -2.51. The Morgan fingerprint density at radius 3 is 2.42 bits per heavy atom. The molecule has 4 rings (SSSR count). The maximum atomic E-state index is 13.0. The summed E-state index contributed by atoms with van der Waals surface area (Å²) < 4.78 is 26.4. The van der Waals surface area contributed by atoms with E-state index in [1.165, 1.54) is 6.92 Å². The van der Waals surface area contributed by atoms with Gasteiger partial charge in [-0.15, -0.1) is 0 Å². The van der Waals surface area contributed by atoms with Crippen molar-refractivity contribution in [2.75, 3.05) is 26.8 Å². The Hall–Kier alpha value is -2.87. The minimum absolute atomic E-state index is 0.00657. The molecule has 1 saturated carbocycles. The van der Waals surface area contributed by atoms with E-state index in [-0.39, 0.29) is 29.5 Å². The van der Waals surface area contributed by atoms with Gasteiger partial charge in [-0.1, -0.05) is 18.2 Å². The maximum absolute atomic E-state index is 13.0. The molecule has 0 bridgehead atoms. The predicted molar refractivity (Wildman–Crippen MR) is 123 cm³/mol. The second-order valence-corrected chi connectivity index (χ2v) is 10.3. The van der Waals surface area contributed by atoms with E-state index in [4.69, 9.17) is 0 Å². The lowest BCUT2D eigenvalue weighted by atomic mass is 10.00. The summed E-state index contributed by atoms with van der Waals surface area (Å²) in [4.78, 5) is 28.8. The number of sulfonamides is 1. The summed E-state index contributed by atoms with van der Waals surface area (Å²) >= 11 is 0. The van der Waals surface area contributed by atoms with Gasteiger partial charge in [-0.05, 0) is 62.1 Å². The van der Waals surface area contributed by atoms with E-state index in [1.807, 2.05) is 36.1 Å². The fraction of sp³-hybridized carbons (Fsp3) is 0.391. The van der Waals surface area contributed by atoms with Crippen molar-refractivity contribution in [3.63, 3.8) is 0 Å². The SMILES string of the molecule is CCS(=O)(=O)Nc1cccc(-c2ccc3c(c2)N(C(=O)C2CC2)CC(C)N3C(C)=O)c1. The zero-order valence-corrected chi connectivity index (χ0v) is 18.8. The lowest BCUT2D eigenvalue weighted by molar-refractivity contribution is -0.120. The summed E-state index contributed by atoms with van der Waals surface area (Å²) in [7, 11) is -3.38. The van der Waals surface area contributed by atoms with E-state index in [9.17, 15) is 18.0 Å². The van der Waals surface area contributed by atoms with Gasteiger partial charge in [0.15, 0.2) is 0 Å². The monoisotopic (exact) mass is 441 g/mol. The first-order valence-corrected chi connectivity index (χ1v) is 12.2. The molecule has 164 valence electrons. The molecule has 0 aromatic heterocycles. The molecule has 2 aliphatic rings. The average molecular weight is 442 g/mol. The first-order chi connectivity index (χ1) is 14.7. The molecule has 31 heavy (non-hydrogen) atoms. The maximum Gasteiger partial charge on any atom is 0.232 e. The summed E-state index contributed by atoms with van der Waals surface area (Å²) in [6.45, 7) is 5.54. The summed E-state index contributed by atoms with van der Waals surface area (Å²) in [5.74, 6) is 0.112. The lowest BCUT2D eigenvalue weighted by Gasteiger charge is -2.41. The molecule has 2 amide bonds. The van der Waals surface area contributed by atoms with E-state index in [2.05, 4.69) is 4.72 Å². The minimum Gasteiger partial charge on any atom is -0.308 e. The Kier molecular flexibility index (Phi) is 5.51. The first kappa shape index (κ1) is 21.4. The zero-order chi connectivity index (χ0) is 22.3. The van der Waals surface area contributed by atoms with E-state index in [0.29, 0.717) is 12.2 Å². The molecular formula is C23H27N3O4S. The van der Waals surface area contributed by atoms with Gasteiger partial charge in [-0.25, -0.2) is 8.42 Å². The minimum atomic E-state index is -3.38. The average Bonchev–Trinajstić information content (AvgIpc) is 3.57. The molecule has 7 nitrogen and oxygen atoms in total. The fourth-order valence-electron chi connectivity index (χ4n) is 4.06. The van der Waals surface area contributed by atoms with Gasteiger partial charge < -0.3 is 9.80 Å². The Balaban J connectivity index is 1.76. The number of carbonyl (C=O) groups is 2. The number of benzene rings is 2. The molecule has 1 N–H and O–H groups in total.